The quantitative estimate of drug-likeness (QED) is 0.731. The molecule has 1 aromatic heterocycles. The fraction of sp³-hybridized carbons (Fsp3) is 0.727. The molecule has 0 radical (unpaired) electrons. The topological polar surface area (TPSA) is 29.9 Å². The van der Waals surface area contributed by atoms with E-state index in [0.29, 0.717) is 5.92 Å². The van der Waals surface area contributed by atoms with Crippen LogP contribution in [0.15, 0.2) is 6.20 Å². The number of hydrogen-bond acceptors (Lipinski definition) is 2. The van der Waals surface area contributed by atoms with Crippen LogP contribution >= 0.6 is 0 Å². The Balaban J connectivity index is 2.24. The third-order valence-corrected chi connectivity index (χ3v) is 3.46. The van der Waals surface area contributed by atoms with E-state index in [1.807, 2.05) is 17.9 Å². The van der Waals surface area contributed by atoms with Gasteiger partial charge in [0.15, 0.2) is 0 Å². The number of nitrogens with one attached hydrogen (secondary N) is 1. The maximum atomic E-state index is 4.32. The summed E-state index contributed by atoms with van der Waals surface area (Å²) in [4.78, 5) is 0. The van der Waals surface area contributed by atoms with Gasteiger partial charge in [-0.3, -0.25) is 4.68 Å². The lowest BCUT2D eigenvalue weighted by Crippen LogP contribution is -2.33. The molecule has 1 saturated heterocycles. The summed E-state index contributed by atoms with van der Waals surface area (Å²) >= 11 is 0. The standard InChI is InChI=1S/C11H19N3/c1-8-6-12-5-4-10(8)11-7-13-14(3)9(11)2/h7-8,10,12H,4-6H2,1-3H3. The fourth-order valence-corrected chi connectivity index (χ4v) is 2.36. The maximum absolute atomic E-state index is 4.32. The lowest BCUT2D eigenvalue weighted by Gasteiger charge is -2.29. The summed E-state index contributed by atoms with van der Waals surface area (Å²) < 4.78 is 1.98. The number of hydrogen-bond donors (Lipinski definition) is 1. The van der Waals surface area contributed by atoms with Crippen LogP contribution in [0.5, 0.6) is 0 Å². The van der Waals surface area contributed by atoms with Crippen LogP contribution < -0.4 is 5.32 Å². The van der Waals surface area contributed by atoms with E-state index < -0.39 is 0 Å². The molecule has 1 fully saturated rings. The number of rotatable bonds is 1. The van der Waals surface area contributed by atoms with Gasteiger partial charge in [0.2, 0.25) is 0 Å². The molecule has 1 aromatic rings. The van der Waals surface area contributed by atoms with Gasteiger partial charge < -0.3 is 5.32 Å². The molecule has 1 aliphatic heterocycles. The molecule has 78 valence electrons. The second-order valence-corrected chi connectivity index (χ2v) is 4.39. The van der Waals surface area contributed by atoms with Crippen LogP contribution in [0.25, 0.3) is 0 Å². The summed E-state index contributed by atoms with van der Waals surface area (Å²) in [7, 11) is 2.02. The Kier molecular flexibility index (Phi) is 2.59. The van der Waals surface area contributed by atoms with E-state index in [1.165, 1.54) is 17.7 Å². The molecule has 0 aliphatic carbocycles. The Bertz CT molecular complexity index is 316. The van der Waals surface area contributed by atoms with E-state index in [4.69, 9.17) is 0 Å². The summed E-state index contributed by atoms with van der Waals surface area (Å²) in [5.74, 6) is 1.43. The first-order chi connectivity index (χ1) is 6.70. The first-order valence-electron chi connectivity index (χ1n) is 5.39. The Morgan fingerprint density at radius 1 is 1.57 bits per heavy atom. The average molecular weight is 193 g/mol. The summed E-state index contributed by atoms with van der Waals surface area (Å²) in [6.45, 7) is 6.77. The lowest BCUT2D eigenvalue weighted by atomic mass is 9.82. The molecule has 2 heterocycles. The van der Waals surface area contributed by atoms with Crippen LogP contribution in [0.4, 0.5) is 0 Å². The second-order valence-electron chi connectivity index (χ2n) is 4.39. The molecule has 0 amide bonds. The molecule has 2 rings (SSSR count). The number of aromatic nitrogens is 2. The monoisotopic (exact) mass is 193 g/mol. The third kappa shape index (κ3) is 1.57. The Labute approximate surface area is 85.5 Å². The summed E-state index contributed by atoms with van der Waals surface area (Å²) in [5.41, 5.74) is 2.77. The van der Waals surface area contributed by atoms with Crippen molar-refractivity contribution < 1.29 is 0 Å². The zero-order valence-electron chi connectivity index (χ0n) is 9.25. The molecule has 14 heavy (non-hydrogen) atoms. The van der Waals surface area contributed by atoms with Crippen LogP contribution in [-0.2, 0) is 7.05 Å². The van der Waals surface area contributed by atoms with Crippen molar-refractivity contribution in [3.05, 3.63) is 17.5 Å². The first kappa shape index (κ1) is 9.71. The minimum Gasteiger partial charge on any atom is -0.316 e. The van der Waals surface area contributed by atoms with Gasteiger partial charge in [-0.25, -0.2) is 0 Å². The van der Waals surface area contributed by atoms with E-state index in [-0.39, 0.29) is 0 Å². The van der Waals surface area contributed by atoms with Gasteiger partial charge in [-0.1, -0.05) is 6.92 Å². The smallest absolute Gasteiger partial charge is 0.0527 e. The van der Waals surface area contributed by atoms with Gasteiger partial charge in [0, 0.05) is 12.7 Å². The summed E-state index contributed by atoms with van der Waals surface area (Å²) in [6, 6.07) is 0. The highest BCUT2D eigenvalue weighted by Crippen LogP contribution is 2.31. The van der Waals surface area contributed by atoms with E-state index in [9.17, 15) is 0 Å². The first-order valence-corrected chi connectivity index (χ1v) is 5.39. The average Bonchev–Trinajstić information content (AvgIpc) is 2.49. The van der Waals surface area contributed by atoms with Gasteiger partial charge >= 0.3 is 0 Å². The predicted octanol–water partition coefficient (Wildman–Crippen LogP) is 1.44. The van der Waals surface area contributed by atoms with Gasteiger partial charge in [-0.2, -0.15) is 5.10 Å². The molecule has 1 aliphatic rings. The number of nitrogens with zero attached hydrogens (tertiary/aromatic N) is 2. The second kappa shape index (κ2) is 3.73. The van der Waals surface area contributed by atoms with Crippen molar-refractivity contribution in [2.45, 2.75) is 26.2 Å². The van der Waals surface area contributed by atoms with Crippen molar-refractivity contribution in [2.24, 2.45) is 13.0 Å². The summed E-state index contributed by atoms with van der Waals surface area (Å²) in [6.07, 6.45) is 3.29. The Hall–Kier alpha value is -0.830. The van der Waals surface area contributed by atoms with Crippen LogP contribution in [0.1, 0.15) is 30.5 Å². The van der Waals surface area contributed by atoms with Gasteiger partial charge in [0.05, 0.1) is 6.20 Å². The summed E-state index contributed by atoms with van der Waals surface area (Å²) in [5, 5.41) is 7.76. The van der Waals surface area contributed by atoms with Crippen LogP contribution in [-0.4, -0.2) is 22.9 Å². The Morgan fingerprint density at radius 2 is 2.36 bits per heavy atom. The molecule has 0 aromatic carbocycles. The minimum atomic E-state index is 0.699. The minimum absolute atomic E-state index is 0.699. The van der Waals surface area contributed by atoms with Crippen LogP contribution in [0.2, 0.25) is 0 Å². The SMILES string of the molecule is Cc1c(C2CCNCC2C)cnn1C. The molecule has 3 nitrogen and oxygen atoms in total. The molecule has 0 bridgehead atoms. The van der Waals surface area contributed by atoms with Crippen molar-refractivity contribution in [1.29, 1.82) is 0 Å². The van der Waals surface area contributed by atoms with Crippen molar-refractivity contribution >= 4 is 0 Å². The van der Waals surface area contributed by atoms with Crippen molar-refractivity contribution in [1.82, 2.24) is 15.1 Å². The van der Waals surface area contributed by atoms with Gasteiger partial charge in [0.1, 0.15) is 0 Å². The van der Waals surface area contributed by atoms with E-state index in [2.05, 4.69) is 24.3 Å². The zero-order valence-corrected chi connectivity index (χ0v) is 9.25. The molecular weight excluding hydrogens is 174 g/mol. The molecule has 0 saturated carbocycles. The van der Waals surface area contributed by atoms with Crippen LogP contribution in [0.3, 0.4) is 0 Å². The number of piperidine rings is 1. The van der Waals surface area contributed by atoms with E-state index in [0.717, 1.165) is 19.0 Å². The van der Waals surface area contributed by atoms with Crippen molar-refractivity contribution in [3.63, 3.8) is 0 Å². The highest BCUT2D eigenvalue weighted by atomic mass is 15.3. The van der Waals surface area contributed by atoms with Gasteiger partial charge in [-0.05, 0) is 43.8 Å². The molecular formula is C11H19N3. The Morgan fingerprint density at radius 3 is 2.93 bits per heavy atom. The fourth-order valence-electron chi connectivity index (χ4n) is 2.36. The third-order valence-electron chi connectivity index (χ3n) is 3.46. The van der Waals surface area contributed by atoms with Crippen molar-refractivity contribution in [2.75, 3.05) is 13.1 Å². The molecule has 2 unspecified atom stereocenters. The molecule has 3 heteroatoms. The lowest BCUT2D eigenvalue weighted by molar-refractivity contribution is 0.348. The molecule has 2 atom stereocenters. The molecule has 0 spiro atoms. The number of aryl methyl sites for hydroxylation is 1. The normalized spacial score (nSPS) is 27.9. The maximum Gasteiger partial charge on any atom is 0.0527 e. The predicted molar refractivity (Wildman–Crippen MR) is 57.3 cm³/mol. The van der Waals surface area contributed by atoms with E-state index in [1.54, 1.807) is 0 Å². The van der Waals surface area contributed by atoms with Gasteiger partial charge in [0.25, 0.3) is 0 Å². The largest absolute Gasteiger partial charge is 0.316 e. The molecule has 1 N–H and O–H groups in total. The highest BCUT2D eigenvalue weighted by molar-refractivity contribution is 5.22. The van der Waals surface area contributed by atoms with Crippen LogP contribution in [0, 0.1) is 12.8 Å². The van der Waals surface area contributed by atoms with Gasteiger partial charge in [-0.15, -0.1) is 0 Å². The van der Waals surface area contributed by atoms with Crippen molar-refractivity contribution in [3.8, 4) is 0 Å². The zero-order chi connectivity index (χ0) is 10.1. The highest BCUT2D eigenvalue weighted by Gasteiger charge is 2.25. The van der Waals surface area contributed by atoms with E-state index >= 15 is 0 Å².